The minimum Gasteiger partial charge on any atom is -0.444 e. The van der Waals surface area contributed by atoms with E-state index in [1.807, 2.05) is 27.8 Å². The molecule has 106 valence electrons. The van der Waals surface area contributed by atoms with Crippen molar-refractivity contribution in [1.82, 2.24) is 4.90 Å². The molecule has 0 aromatic carbocycles. The molecule has 1 aliphatic rings. The molecular weight excluding hydrogens is 228 g/mol. The van der Waals surface area contributed by atoms with Crippen LogP contribution >= 0.6 is 0 Å². The normalized spacial score (nSPS) is 28.9. The Morgan fingerprint density at radius 1 is 1.39 bits per heavy atom. The minimum absolute atomic E-state index is 0.213. The largest absolute Gasteiger partial charge is 0.444 e. The number of carbonyl (C=O) groups is 1. The van der Waals surface area contributed by atoms with Crippen molar-refractivity contribution in [3.63, 3.8) is 0 Å². The smallest absolute Gasteiger partial charge is 0.410 e. The average molecular weight is 256 g/mol. The molecule has 1 fully saturated rings. The molecule has 0 radical (unpaired) electrons. The molecule has 4 nitrogen and oxygen atoms in total. The first-order valence-electron chi connectivity index (χ1n) is 6.87. The van der Waals surface area contributed by atoms with Crippen molar-refractivity contribution in [1.29, 1.82) is 0 Å². The van der Waals surface area contributed by atoms with Gasteiger partial charge in [0.2, 0.25) is 0 Å². The standard InChI is InChI=1S/C14H28N2O2/c1-11-6-8-14(10-15,9-7-11)16(5)12(17)18-13(2,3)4/h11H,6-10,15H2,1-5H3. The zero-order chi connectivity index (χ0) is 14.0. The Kier molecular flexibility index (Phi) is 4.65. The second kappa shape index (κ2) is 5.47. The maximum atomic E-state index is 12.2. The van der Waals surface area contributed by atoms with Crippen LogP contribution in [0, 0.1) is 5.92 Å². The van der Waals surface area contributed by atoms with Crippen LogP contribution in [0.1, 0.15) is 53.4 Å². The van der Waals surface area contributed by atoms with Gasteiger partial charge in [-0.05, 0) is 52.4 Å². The molecule has 1 aliphatic carbocycles. The number of rotatable bonds is 2. The van der Waals surface area contributed by atoms with Crippen LogP contribution in [-0.4, -0.2) is 35.7 Å². The summed E-state index contributed by atoms with van der Waals surface area (Å²) in [5, 5.41) is 0. The summed E-state index contributed by atoms with van der Waals surface area (Å²) in [6.45, 7) is 8.42. The Labute approximate surface area is 111 Å². The maximum absolute atomic E-state index is 12.2. The average Bonchev–Trinajstić information content (AvgIpc) is 2.27. The van der Waals surface area contributed by atoms with Gasteiger partial charge in [-0.3, -0.25) is 0 Å². The van der Waals surface area contributed by atoms with Crippen LogP contribution in [0.2, 0.25) is 0 Å². The highest BCUT2D eigenvalue weighted by Gasteiger charge is 2.40. The van der Waals surface area contributed by atoms with Crippen molar-refractivity contribution in [2.24, 2.45) is 11.7 Å². The summed E-state index contributed by atoms with van der Waals surface area (Å²) in [6.07, 6.45) is 3.94. The Morgan fingerprint density at radius 2 is 1.89 bits per heavy atom. The monoisotopic (exact) mass is 256 g/mol. The van der Waals surface area contributed by atoms with Crippen molar-refractivity contribution >= 4 is 6.09 Å². The van der Waals surface area contributed by atoms with Crippen molar-refractivity contribution in [3.8, 4) is 0 Å². The van der Waals surface area contributed by atoms with E-state index in [1.54, 1.807) is 4.90 Å². The molecule has 0 bridgehead atoms. The third-order valence-corrected chi connectivity index (χ3v) is 3.96. The summed E-state index contributed by atoms with van der Waals surface area (Å²) < 4.78 is 5.44. The summed E-state index contributed by atoms with van der Waals surface area (Å²) in [5.41, 5.74) is 5.27. The molecule has 0 saturated heterocycles. The van der Waals surface area contributed by atoms with Gasteiger partial charge in [-0.1, -0.05) is 6.92 Å². The van der Waals surface area contributed by atoms with Gasteiger partial charge in [-0.25, -0.2) is 4.79 Å². The van der Waals surface area contributed by atoms with E-state index >= 15 is 0 Å². The van der Waals surface area contributed by atoms with Crippen LogP contribution in [0.25, 0.3) is 0 Å². The zero-order valence-electron chi connectivity index (χ0n) is 12.5. The second-order valence-corrected chi connectivity index (χ2v) is 6.65. The van der Waals surface area contributed by atoms with E-state index in [9.17, 15) is 4.79 Å². The Balaban J connectivity index is 2.73. The molecular formula is C14H28N2O2. The van der Waals surface area contributed by atoms with Crippen LogP contribution in [0.15, 0.2) is 0 Å². The maximum Gasteiger partial charge on any atom is 0.410 e. The number of hydrogen-bond donors (Lipinski definition) is 1. The van der Waals surface area contributed by atoms with Gasteiger partial charge < -0.3 is 15.4 Å². The lowest BCUT2D eigenvalue weighted by molar-refractivity contribution is -0.00483. The fourth-order valence-corrected chi connectivity index (χ4v) is 2.50. The van der Waals surface area contributed by atoms with Crippen molar-refractivity contribution < 1.29 is 9.53 Å². The number of amides is 1. The first kappa shape index (κ1) is 15.3. The Bertz CT molecular complexity index is 289. The predicted molar refractivity (Wildman–Crippen MR) is 73.4 cm³/mol. The summed E-state index contributed by atoms with van der Waals surface area (Å²) in [5.74, 6) is 0.733. The molecule has 0 aromatic heterocycles. The first-order chi connectivity index (χ1) is 8.20. The van der Waals surface area contributed by atoms with Crippen molar-refractivity contribution in [2.45, 2.75) is 64.5 Å². The molecule has 18 heavy (non-hydrogen) atoms. The second-order valence-electron chi connectivity index (χ2n) is 6.65. The van der Waals surface area contributed by atoms with E-state index in [4.69, 9.17) is 10.5 Å². The molecule has 0 aliphatic heterocycles. The zero-order valence-corrected chi connectivity index (χ0v) is 12.5. The molecule has 0 spiro atoms. The van der Waals surface area contributed by atoms with Gasteiger partial charge >= 0.3 is 6.09 Å². The summed E-state index contributed by atoms with van der Waals surface area (Å²) >= 11 is 0. The number of carbonyl (C=O) groups excluding carboxylic acids is 1. The van der Waals surface area contributed by atoms with Crippen LogP contribution in [0.4, 0.5) is 4.79 Å². The first-order valence-corrected chi connectivity index (χ1v) is 6.87. The van der Waals surface area contributed by atoms with Crippen molar-refractivity contribution in [2.75, 3.05) is 13.6 Å². The quantitative estimate of drug-likeness (QED) is 0.826. The van der Waals surface area contributed by atoms with Gasteiger partial charge in [0.15, 0.2) is 0 Å². The number of hydrogen-bond acceptors (Lipinski definition) is 3. The van der Waals surface area contributed by atoms with Crippen LogP contribution in [0.5, 0.6) is 0 Å². The third kappa shape index (κ3) is 3.61. The van der Waals surface area contributed by atoms with E-state index in [0.717, 1.165) is 31.6 Å². The number of ether oxygens (including phenoxy) is 1. The molecule has 0 heterocycles. The van der Waals surface area contributed by atoms with Gasteiger partial charge in [-0.15, -0.1) is 0 Å². The summed E-state index contributed by atoms with van der Waals surface area (Å²) in [7, 11) is 1.82. The lowest BCUT2D eigenvalue weighted by atomic mass is 9.76. The van der Waals surface area contributed by atoms with Gasteiger partial charge in [-0.2, -0.15) is 0 Å². The topological polar surface area (TPSA) is 55.6 Å². The van der Waals surface area contributed by atoms with Crippen molar-refractivity contribution in [3.05, 3.63) is 0 Å². The summed E-state index contributed by atoms with van der Waals surface area (Å²) in [4.78, 5) is 13.9. The number of likely N-dealkylation sites (N-methyl/N-ethyl adjacent to an activating group) is 1. The van der Waals surface area contributed by atoms with E-state index < -0.39 is 5.60 Å². The van der Waals surface area contributed by atoms with Gasteiger partial charge in [0.1, 0.15) is 5.60 Å². The lowest BCUT2D eigenvalue weighted by Crippen LogP contribution is -2.57. The molecule has 0 aromatic rings. The highest BCUT2D eigenvalue weighted by Crippen LogP contribution is 2.35. The van der Waals surface area contributed by atoms with Gasteiger partial charge in [0, 0.05) is 13.6 Å². The number of nitrogens with two attached hydrogens (primary N) is 1. The Morgan fingerprint density at radius 3 is 2.28 bits per heavy atom. The molecule has 1 saturated carbocycles. The highest BCUT2D eigenvalue weighted by molar-refractivity contribution is 5.69. The molecule has 2 N–H and O–H groups in total. The molecule has 4 heteroatoms. The van der Waals surface area contributed by atoms with E-state index in [1.165, 1.54) is 0 Å². The van der Waals surface area contributed by atoms with Gasteiger partial charge in [0.25, 0.3) is 0 Å². The predicted octanol–water partition coefficient (Wildman–Crippen LogP) is 2.76. The van der Waals surface area contributed by atoms with E-state index in [-0.39, 0.29) is 11.6 Å². The molecule has 1 rings (SSSR count). The van der Waals surface area contributed by atoms with Crippen LogP contribution < -0.4 is 5.73 Å². The SMILES string of the molecule is CC1CCC(CN)(N(C)C(=O)OC(C)(C)C)CC1. The third-order valence-electron chi connectivity index (χ3n) is 3.96. The van der Waals surface area contributed by atoms with E-state index in [2.05, 4.69) is 6.92 Å². The highest BCUT2D eigenvalue weighted by atomic mass is 16.6. The molecule has 0 atom stereocenters. The van der Waals surface area contributed by atoms with Gasteiger partial charge in [0.05, 0.1) is 5.54 Å². The minimum atomic E-state index is -0.455. The molecule has 1 amide bonds. The summed E-state index contributed by atoms with van der Waals surface area (Å²) in [6, 6.07) is 0. The number of nitrogens with zero attached hydrogens (tertiary/aromatic N) is 1. The van der Waals surface area contributed by atoms with Crippen LogP contribution in [-0.2, 0) is 4.74 Å². The fraction of sp³-hybridized carbons (Fsp3) is 0.929. The molecule has 0 unspecified atom stereocenters. The lowest BCUT2D eigenvalue weighted by Gasteiger charge is -2.45. The Hall–Kier alpha value is -0.770. The van der Waals surface area contributed by atoms with Crippen LogP contribution in [0.3, 0.4) is 0 Å². The van der Waals surface area contributed by atoms with E-state index in [0.29, 0.717) is 6.54 Å². The fourth-order valence-electron chi connectivity index (χ4n) is 2.50.